The molecule has 1 amide bonds. The van der Waals surface area contributed by atoms with E-state index in [1.54, 1.807) is 19.5 Å². The van der Waals surface area contributed by atoms with Crippen LogP contribution < -0.4 is 5.32 Å². The van der Waals surface area contributed by atoms with Crippen molar-refractivity contribution in [2.75, 3.05) is 18.2 Å². The van der Waals surface area contributed by atoms with Gasteiger partial charge in [0, 0.05) is 17.3 Å². The predicted molar refractivity (Wildman–Crippen MR) is 84.0 cm³/mol. The number of hydrogen-bond acceptors (Lipinski definition) is 5. The number of nitrogens with zero attached hydrogens (tertiary/aromatic N) is 1. The average Bonchev–Trinajstić information content (AvgIpc) is 2.93. The molecular weight excluding hydrogens is 292 g/mol. The molecule has 0 saturated carbocycles. The Bertz CT molecular complexity index is 596. The summed E-state index contributed by atoms with van der Waals surface area (Å²) >= 11 is 2.92. The largest absolute Gasteiger partial charge is 0.497 e. The molecule has 1 N–H and O–H groups in total. The zero-order chi connectivity index (χ0) is 14.4. The number of ether oxygens (including phenoxy) is 1. The molecule has 0 atom stereocenters. The summed E-state index contributed by atoms with van der Waals surface area (Å²) in [5, 5.41) is 5.53. The number of nitrogens with one attached hydrogen (secondary N) is 1. The van der Waals surface area contributed by atoms with Gasteiger partial charge in [0.25, 0.3) is 0 Å². The lowest BCUT2D eigenvalue weighted by atomic mass is 10.3. The van der Waals surface area contributed by atoms with Crippen molar-refractivity contribution in [1.29, 1.82) is 0 Å². The highest BCUT2D eigenvalue weighted by Crippen LogP contribution is 2.29. The number of carbonyl (C=O) groups is 1. The second-order valence-electron chi connectivity index (χ2n) is 3.81. The van der Waals surface area contributed by atoms with Crippen LogP contribution in [0.4, 0.5) is 5.00 Å². The molecule has 0 spiro atoms. The van der Waals surface area contributed by atoms with Gasteiger partial charge in [-0.1, -0.05) is 6.58 Å². The molecule has 0 aliphatic carbocycles. The van der Waals surface area contributed by atoms with E-state index in [0.717, 1.165) is 15.5 Å². The Balaban J connectivity index is 1.92. The number of thiophene rings is 1. The fraction of sp³-hybridized carbons (Fsp3) is 0.143. The normalized spacial score (nSPS) is 10.1. The first-order chi connectivity index (χ1) is 9.70. The maximum absolute atomic E-state index is 11.9. The Morgan fingerprint density at radius 2 is 2.20 bits per heavy atom. The lowest BCUT2D eigenvalue weighted by Crippen LogP contribution is -2.14. The number of anilines is 1. The molecule has 0 fully saturated rings. The van der Waals surface area contributed by atoms with Crippen LogP contribution in [0.25, 0.3) is 5.76 Å². The van der Waals surface area contributed by atoms with E-state index in [-0.39, 0.29) is 5.91 Å². The third-order valence-electron chi connectivity index (χ3n) is 2.48. The summed E-state index contributed by atoms with van der Waals surface area (Å²) in [6, 6.07) is 5.63. The van der Waals surface area contributed by atoms with Crippen molar-refractivity contribution >= 4 is 39.8 Å². The van der Waals surface area contributed by atoms with E-state index in [9.17, 15) is 4.79 Å². The van der Waals surface area contributed by atoms with Crippen molar-refractivity contribution < 1.29 is 9.53 Å². The first kappa shape index (κ1) is 14.6. The monoisotopic (exact) mass is 306 g/mol. The molecule has 6 heteroatoms. The van der Waals surface area contributed by atoms with Crippen molar-refractivity contribution in [3.63, 3.8) is 0 Å². The summed E-state index contributed by atoms with van der Waals surface area (Å²) in [5.41, 5.74) is 0.819. The molecule has 0 aliphatic rings. The van der Waals surface area contributed by atoms with Crippen LogP contribution in [0.2, 0.25) is 0 Å². The van der Waals surface area contributed by atoms with Gasteiger partial charge in [-0.3, -0.25) is 9.78 Å². The molecule has 2 aromatic heterocycles. The van der Waals surface area contributed by atoms with E-state index in [0.29, 0.717) is 11.5 Å². The number of amides is 1. The van der Waals surface area contributed by atoms with Crippen molar-refractivity contribution in [3.8, 4) is 0 Å². The average molecular weight is 306 g/mol. The van der Waals surface area contributed by atoms with Gasteiger partial charge >= 0.3 is 0 Å². The summed E-state index contributed by atoms with van der Waals surface area (Å²) in [4.78, 5) is 16.9. The predicted octanol–water partition coefficient (Wildman–Crippen LogP) is 3.49. The van der Waals surface area contributed by atoms with E-state index in [1.165, 1.54) is 23.1 Å². The summed E-state index contributed by atoms with van der Waals surface area (Å²) < 4.78 is 5.09. The minimum absolute atomic E-state index is 0.0561. The number of aromatic nitrogens is 1. The van der Waals surface area contributed by atoms with Gasteiger partial charge in [-0.15, -0.1) is 23.1 Å². The highest BCUT2D eigenvalue weighted by Gasteiger charge is 2.11. The van der Waals surface area contributed by atoms with E-state index >= 15 is 0 Å². The smallest absolute Gasteiger partial charge is 0.235 e. The molecule has 2 heterocycles. The number of hydrogen-bond donors (Lipinski definition) is 1. The van der Waals surface area contributed by atoms with Gasteiger partial charge in [-0.2, -0.15) is 0 Å². The Hall–Kier alpha value is -1.79. The highest BCUT2D eigenvalue weighted by molar-refractivity contribution is 8.00. The van der Waals surface area contributed by atoms with Gasteiger partial charge in [0.1, 0.15) is 10.8 Å². The van der Waals surface area contributed by atoms with Crippen LogP contribution in [-0.4, -0.2) is 23.8 Å². The molecule has 0 radical (unpaired) electrons. The summed E-state index contributed by atoms with van der Waals surface area (Å²) in [7, 11) is 1.56. The maximum atomic E-state index is 11.9. The molecule has 2 aromatic rings. The molecule has 0 bridgehead atoms. The van der Waals surface area contributed by atoms with Gasteiger partial charge < -0.3 is 10.1 Å². The van der Waals surface area contributed by atoms with Crippen molar-refractivity contribution in [2.24, 2.45) is 0 Å². The minimum Gasteiger partial charge on any atom is -0.497 e. The molecule has 20 heavy (non-hydrogen) atoms. The van der Waals surface area contributed by atoms with Gasteiger partial charge in [-0.05, 0) is 23.6 Å². The molecule has 0 aliphatic heterocycles. The van der Waals surface area contributed by atoms with Gasteiger partial charge in [0.05, 0.1) is 18.4 Å². The fourth-order valence-electron chi connectivity index (χ4n) is 1.48. The minimum atomic E-state index is -0.0561. The van der Waals surface area contributed by atoms with Crippen LogP contribution in [0, 0.1) is 0 Å². The fourth-order valence-corrected chi connectivity index (χ4v) is 2.99. The zero-order valence-electron chi connectivity index (χ0n) is 11.0. The van der Waals surface area contributed by atoms with Crippen LogP contribution in [-0.2, 0) is 9.53 Å². The number of methoxy groups -OCH3 is 1. The summed E-state index contributed by atoms with van der Waals surface area (Å²) in [6.07, 6.45) is 3.42. The molecule has 4 nitrogen and oxygen atoms in total. The van der Waals surface area contributed by atoms with Crippen molar-refractivity contribution in [3.05, 3.63) is 48.1 Å². The maximum Gasteiger partial charge on any atom is 0.235 e. The Labute approximate surface area is 125 Å². The molecule has 0 saturated heterocycles. The topological polar surface area (TPSA) is 51.2 Å². The van der Waals surface area contributed by atoms with E-state index in [1.807, 2.05) is 23.6 Å². The second-order valence-corrected chi connectivity index (χ2v) is 5.78. The molecule has 0 unspecified atom stereocenters. The lowest BCUT2D eigenvalue weighted by molar-refractivity contribution is -0.113. The van der Waals surface area contributed by atoms with Crippen LogP contribution in [0.5, 0.6) is 0 Å². The van der Waals surface area contributed by atoms with Crippen LogP contribution in [0.1, 0.15) is 5.56 Å². The Kier molecular flexibility index (Phi) is 5.20. The third kappa shape index (κ3) is 3.85. The number of thioether (sulfide) groups is 1. The molecule has 2 rings (SSSR count). The van der Waals surface area contributed by atoms with E-state index in [2.05, 4.69) is 16.9 Å². The van der Waals surface area contributed by atoms with Gasteiger partial charge in [0.2, 0.25) is 5.91 Å². The summed E-state index contributed by atoms with van der Waals surface area (Å²) in [6.45, 7) is 3.80. The van der Waals surface area contributed by atoms with Crippen LogP contribution in [0.3, 0.4) is 0 Å². The second kappa shape index (κ2) is 7.12. The van der Waals surface area contributed by atoms with E-state index < -0.39 is 0 Å². The number of pyridine rings is 1. The van der Waals surface area contributed by atoms with Crippen molar-refractivity contribution in [2.45, 2.75) is 4.90 Å². The number of carbonyl (C=O) groups excluding carboxylic acids is 1. The Morgan fingerprint density at radius 1 is 1.45 bits per heavy atom. The van der Waals surface area contributed by atoms with E-state index in [4.69, 9.17) is 4.74 Å². The number of rotatable bonds is 6. The quantitative estimate of drug-likeness (QED) is 0.655. The first-order valence-corrected chi connectivity index (χ1v) is 7.70. The third-order valence-corrected chi connectivity index (χ3v) is 4.33. The molecule has 104 valence electrons. The first-order valence-electron chi connectivity index (χ1n) is 5.84. The SMILES string of the molecule is C=C(OC)c1ccsc1NC(=O)CSc1ccncc1. The Morgan fingerprint density at radius 3 is 2.90 bits per heavy atom. The van der Waals surface area contributed by atoms with Crippen molar-refractivity contribution in [1.82, 2.24) is 4.98 Å². The van der Waals surface area contributed by atoms with Gasteiger partial charge in [0.15, 0.2) is 0 Å². The summed E-state index contributed by atoms with van der Waals surface area (Å²) in [5.74, 6) is 0.837. The van der Waals surface area contributed by atoms with Crippen LogP contribution >= 0.6 is 23.1 Å². The molecule has 0 aromatic carbocycles. The van der Waals surface area contributed by atoms with Crippen LogP contribution in [0.15, 0.2) is 47.4 Å². The molecular formula is C14H14N2O2S2. The lowest BCUT2D eigenvalue weighted by Gasteiger charge is -2.07. The standard InChI is InChI=1S/C14H14N2O2S2/c1-10(18-2)12-5-8-19-14(12)16-13(17)9-20-11-3-6-15-7-4-11/h3-8H,1,9H2,2H3,(H,16,17). The van der Waals surface area contributed by atoms with Gasteiger partial charge in [-0.25, -0.2) is 0 Å². The zero-order valence-corrected chi connectivity index (χ0v) is 12.6. The highest BCUT2D eigenvalue weighted by atomic mass is 32.2.